The van der Waals surface area contributed by atoms with Gasteiger partial charge in [-0.05, 0) is 49.9 Å². The van der Waals surface area contributed by atoms with Crippen LogP contribution in [0.5, 0.6) is 0 Å². The van der Waals surface area contributed by atoms with Crippen molar-refractivity contribution in [2.45, 2.75) is 76.7 Å². The highest BCUT2D eigenvalue weighted by Gasteiger charge is 2.58. The molecule has 0 bridgehead atoms. The Morgan fingerprint density at radius 2 is 1.68 bits per heavy atom. The minimum absolute atomic E-state index is 0.0209. The molecule has 0 aromatic carbocycles. The fraction of sp³-hybridized carbons (Fsp3) is 1.00. The molecule has 0 aromatic heterocycles. The number of hydrogen-bond acceptors (Lipinski definition) is 2. The van der Waals surface area contributed by atoms with Crippen LogP contribution >= 0.6 is 0 Å². The molecule has 3 rings (SSSR count). The lowest BCUT2D eigenvalue weighted by Gasteiger charge is -2.51. The smallest absolute Gasteiger partial charge is 0.0707 e. The first kappa shape index (κ1) is 13.9. The molecule has 0 amide bonds. The first-order valence-corrected chi connectivity index (χ1v) is 8.42. The van der Waals surface area contributed by atoms with E-state index < -0.39 is 5.60 Å². The van der Waals surface area contributed by atoms with Crippen LogP contribution in [0, 0.1) is 23.2 Å². The van der Waals surface area contributed by atoms with Crippen LogP contribution in [0.2, 0.25) is 0 Å². The average molecular weight is 266 g/mol. The number of aliphatic hydroxyl groups is 2. The molecular weight excluding hydrogens is 236 g/mol. The first-order valence-electron chi connectivity index (χ1n) is 8.42. The lowest BCUT2D eigenvalue weighted by molar-refractivity contribution is -0.128. The van der Waals surface area contributed by atoms with E-state index >= 15 is 0 Å². The van der Waals surface area contributed by atoms with E-state index in [1.54, 1.807) is 0 Å². The van der Waals surface area contributed by atoms with Gasteiger partial charge in [-0.1, -0.05) is 39.0 Å². The van der Waals surface area contributed by atoms with Gasteiger partial charge < -0.3 is 10.2 Å². The van der Waals surface area contributed by atoms with Crippen molar-refractivity contribution in [1.82, 2.24) is 0 Å². The maximum atomic E-state index is 11.2. The van der Waals surface area contributed by atoms with E-state index in [1.807, 2.05) is 0 Å². The minimum atomic E-state index is -0.485. The Morgan fingerprint density at radius 1 is 0.947 bits per heavy atom. The van der Waals surface area contributed by atoms with Crippen molar-refractivity contribution in [3.63, 3.8) is 0 Å². The van der Waals surface area contributed by atoms with Gasteiger partial charge in [-0.25, -0.2) is 0 Å². The van der Waals surface area contributed by atoms with E-state index in [0.717, 1.165) is 37.5 Å². The fourth-order valence-corrected chi connectivity index (χ4v) is 5.49. The molecule has 2 nitrogen and oxygen atoms in total. The number of aliphatic hydroxyl groups excluding tert-OH is 1. The lowest BCUT2D eigenvalue weighted by Crippen LogP contribution is -2.51. The topological polar surface area (TPSA) is 40.5 Å². The molecule has 0 unspecified atom stereocenters. The quantitative estimate of drug-likeness (QED) is 0.803. The minimum Gasteiger partial charge on any atom is -0.396 e. The Balaban J connectivity index is 1.72. The molecule has 0 spiro atoms. The molecule has 3 fully saturated rings. The summed E-state index contributed by atoms with van der Waals surface area (Å²) in [5.41, 5.74) is -0.506. The molecule has 110 valence electrons. The van der Waals surface area contributed by atoms with Crippen LogP contribution in [0.4, 0.5) is 0 Å². The molecule has 0 saturated heterocycles. The van der Waals surface area contributed by atoms with Gasteiger partial charge in [0, 0.05) is 12.0 Å². The summed E-state index contributed by atoms with van der Waals surface area (Å²) in [5, 5.41) is 20.7. The van der Waals surface area contributed by atoms with Crippen molar-refractivity contribution in [2.75, 3.05) is 6.61 Å². The third kappa shape index (κ3) is 2.15. The van der Waals surface area contributed by atoms with Crippen LogP contribution in [0.3, 0.4) is 0 Å². The molecule has 0 aromatic rings. The Kier molecular flexibility index (Phi) is 3.68. The van der Waals surface area contributed by atoms with Gasteiger partial charge in [0.25, 0.3) is 0 Å². The van der Waals surface area contributed by atoms with Crippen molar-refractivity contribution in [2.24, 2.45) is 23.2 Å². The molecule has 3 aliphatic rings. The second-order valence-electron chi connectivity index (χ2n) is 7.77. The molecule has 2 heteroatoms. The van der Waals surface area contributed by atoms with Gasteiger partial charge in [0.2, 0.25) is 0 Å². The second kappa shape index (κ2) is 5.04. The van der Waals surface area contributed by atoms with Crippen LogP contribution in [-0.2, 0) is 0 Å². The van der Waals surface area contributed by atoms with Crippen LogP contribution in [0.25, 0.3) is 0 Å². The summed E-state index contributed by atoms with van der Waals surface area (Å²) < 4.78 is 0. The van der Waals surface area contributed by atoms with E-state index in [1.165, 1.54) is 38.5 Å². The lowest BCUT2D eigenvalue weighted by atomic mass is 9.57. The third-order valence-electron chi connectivity index (χ3n) is 7.04. The van der Waals surface area contributed by atoms with E-state index in [0.29, 0.717) is 5.92 Å². The van der Waals surface area contributed by atoms with Gasteiger partial charge in [-0.2, -0.15) is 0 Å². The highest BCUT2D eigenvalue weighted by Crippen LogP contribution is 2.60. The molecule has 3 aliphatic carbocycles. The first-order chi connectivity index (χ1) is 9.09. The second-order valence-corrected chi connectivity index (χ2v) is 7.77. The monoisotopic (exact) mass is 266 g/mol. The zero-order valence-electron chi connectivity index (χ0n) is 12.4. The maximum absolute atomic E-state index is 11.2. The predicted octanol–water partition coefficient (Wildman–Crippen LogP) is 3.51. The summed E-state index contributed by atoms with van der Waals surface area (Å²) in [5.74, 6) is 1.94. The zero-order valence-corrected chi connectivity index (χ0v) is 12.4. The Hall–Kier alpha value is -0.0800. The molecule has 0 radical (unpaired) electrons. The summed E-state index contributed by atoms with van der Waals surface area (Å²) in [4.78, 5) is 0. The molecule has 2 N–H and O–H groups in total. The van der Waals surface area contributed by atoms with Crippen molar-refractivity contribution >= 4 is 0 Å². The van der Waals surface area contributed by atoms with Crippen LogP contribution in [0.15, 0.2) is 0 Å². The summed E-state index contributed by atoms with van der Waals surface area (Å²) >= 11 is 0. The van der Waals surface area contributed by atoms with Crippen LogP contribution < -0.4 is 0 Å². The number of hydrogen-bond donors (Lipinski definition) is 2. The van der Waals surface area contributed by atoms with E-state index in [9.17, 15) is 10.2 Å². The van der Waals surface area contributed by atoms with Crippen molar-refractivity contribution < 1.29 is 10.2 Å². The molecular formula is C17H30O2. The number of fused-ring (bicyclic) bond motifs is 1. The molecule has 19 heavy (non-hydrogen) atoms. The van der Waals surface area contributed by atoms with Gasteiger partial charge in [-0.15, -0.1) is 0 Å². The Labute approximate surface area is 117 Å². The van der Waals surface area contributed by atoms with E-state index in [-0.39, 0.29) is 12.0 Å². The SMILES string of the molecule is C[C@]12CC[C@H](C3CCCCC3)C[C@@]1(O)CC[C@@H]2CO. The normalized spacial score (nSPS) is 48.2. The Morgan fingerprint density at radius 3 is 2.37 bits per heavy atom. The molecule has 0 aliphatic heterocycles. The summed E-state index contributed by atoms with van der Waals surface area (Å²) in [6.07, 6.45) is 12.3. The maximum Gasteiger partial charge on any atom is 0.0707 e. The Bertz CT molecular complexity index is 323. The third-order valence-corrected chi connectivity index (χ3v) is 7.04. The van der Waals surface area contributed by atoms with Crippen LogP contribution in [0.1, 0.15) is 71.1 Å². The highest BCUT2D eigenvalue weighted by molar-refractivity contribution is 5.09. The number of rotatable bonds is 2. The molecule has 0 heterocycles. The van der Waals surface area contributed by atoms with Crippen LogP contribution in [-0.4, -0.2) is 22.4 Å². The average Bonchev–Trinajstić information content (AvgIpc) is 2.70. The summed E-state index contributed by atoms with van der Waals surface area (Å²) in [7, 11) is 0. The summed E-state index contributed by atoms with van der Waals surface area (Å²) in [6, 6.07) is 0. The largest absolute Gasteiger partial charge is 0.396 e. The molecule has 3 saturated carbocycles. The van der Waals surface area contributed by atoms with Gasteiger partial charge in [0.15, 0.2) is 0 Å². The van der Waals surface area contributed by atoms with E-state index in [2.05, 4.69) is 6.92 Å². The van der Waals surface area contributed by atoms with Crippen molar-refractivity contribution in [1.29, 1.82) is 0 Å². The van der Waals surface area contributed by atoms with Gasteiger partial charge in [-0.3, -0.25) is 0 Å². The van der Waals surface area contributed by atoms with Gasteiger partial charge in [0.05, 0.1) is 5.60 Å². The fourth-order valence-electron chi connectivity index (χ4n) is 5.49. The van der Waals surface area contributed by atoms with E-state index in [4.69, 9.17) is 0 Å². The highest BCUT2D eigenvalue weighted by atomic mass is 16.3. The van der Waals surface area contributed by atoms with Crippen molar-refractivity contribution in [3.8, 4) is 0 Å². The predicted molar refractivity (Wildman–Crippen MR) is 76.8 cm³/mol. The standard InChI is InChI=1S/C17H30O2/c1-16-9-7-14(13-5-3-2-4-6-13)11-17(16,19)10-8-15(16)12-18/h13-15,18-19H,2-12H2,1H3/t14-,15+,16+,17-/m0/s1. The zero-order chi connectivity index (χ0) is 13.5. The van der Waals surface area contributed by atoms with Gasteiger partial charge in [0.1, 0.15) is 0 Å². The van der Waals surface area contributed by atoms with Crippen molar-refractivity contribution in [3.05, 3.63) is 0 Å². The van der Waals surface area contributed by atoms with Gasteiger partial charge >= 0.3 is 0 Å². The molecule has 4 atom stereocenters. The summed E-state index contributed by atoms with van der Waals surface area (Å²) in [6.45, 7) is 2.49.